The highest BCUT2D eigenvalue weighted by Crippen LogP contribution is 2.30. The standard InChI is InChI=1S/C22H21N3O3/c1-3-15-5-4-6-19(13-15)25(14-20(26)23-2)22(28)17-9-11-18(12-10-17)24-21(27)16-7-8-16/h1,4-6,9-13,16H,7-8,14H2,2H3,(H,23,26)(H,24,27). The lowest BCUT2D eigenvalue weighted by Crippen LogP contribution is -2.39. The molecule has 0 bridgehead atoms. The Hall–Kier alpha value is -3.59. The van der Waals surface area contributed by atoms with Crippen LogP contribution < -0.4 is 15.5 Å². The number of nitrogens with one attached hydrogen (secondary N) is 2. The number of amides is 3. The van der Waals surface area contributed by atoms with Gasteiger partial charge in [-0.15, -0.1) is 6.42 Å². The Morgan fingerprint density at radius 1 is 1.14 bits per heavy atom. The molecule has 0 spiro atoms. The predicted octanol–water partition coefficient (Wildman–Crippen LogP) is 2.41. The van der Waals surface area contributed by atoms with Crippen LogP contribution in [0.3, 0.4) is 0 Å². The second-order valence-electron chi connectivity index (χ2n) is 6.60. The quantitative estimate of drug-likeness (QED) is 0.761. The first kappa shape index (κ1) is 19.2. The average molecular weight is 375 g/mol. The summed E-state index contributed by atoms with van der Waals surface area (Å²) in [6, 6.07) is 13.5. The van der Waals surface area contributed by atoms with Crippen LogP contribution >= 0.6 is 0 Å². The van der Waals surface area contributed by atoms with E-state index in [2.05, 4.69) is 16.6 Å². The van der Waals surface area contributed by atoms with Gasteiger partial charge in [0.2, 0.25) is 11.8 Å². The molecule has 1 aliphatic rings. The zero-order valence-electron chi connectivity index (χ0n) is 15.6. The molecule has 6 nitrogen and oxygen atoms in total. The van der Waals surface area contributed by atoms with Crippen LogP contribution in [0.25, 0.3) is 0 Å². The van der Waals surface area contributed by atoms with Crippen LogP contribution in [0, 0.1) is 18.3 Å². The summed E-state index contributed by atoms with van der Waals surface area (Å²) in [5, 5.41) is 5.36. The lowest BCUT2D eigenvalue weighted by molar-refractivity contribution is -0.119. The number of hydrogen-bond donors (Lipinski definition) is 2. The Labute approximate surface area is 163 Å². The van der Waals surface area contributed by atoms with Crippen molar-refractivity contribution in [3.8, 4) is 12.3 Å². The van der Waals surface area contributed by atoms with Gasteiger partial charge in [-0.05, 0) is 55.3 Å². The molecule has 2 aromatic carbocycles. The molecule has 1 aliphatic carbocycles. The summed E-state index contributed by atoms with van der Waals surface area (Å²) >= 11 is 0. The summed E-state index contributed by atoms with van der Waals surface area (Å²) in [5.74, 6) is 2.01. The van der Waals surface area contributed by atoms with Crippen molar-refractivity contribution < 1.29 is 14.4 Å². The maximum Gasteiger partial charge on any atom is 0.258 e. The van der Waals surface area contributed by atoms with Gasteiger partial charge >= 0.3 is 0 Å². The molecule has 1 saturated carbocycles. The van der Waals surface area contributed by atoms with E-state index in [0.29, 0.717) is 22.5 Å². The zero-order valence-corrected chi connectivity index (χ0v) is 15.6. The largest absolute Gasteiger partial charge is 0.358 e. The number of benzene rings is 2. The molecule has 0 aliphatic heterocycles. The molecular weight excluding hydrogens is 354 g/mol. The highest BCUT2D eigenvalue weighted by molar-refractivity contribution is 6.09. The number of nitrogens with zero attached hydrogens (tertiary/aromatic N) is 1. The van der Waals surface area contributed by atoms with Gasteiger partial charge in [0.1, 0.15) is 6.54 Å². The van der Waals surface area contributed by atoms with Gasteiger partial charge in [0.25, 0.3) is 5.91 Å². The van der Waals surface area contributed by atoms with Crippen LogP contribution in [-0.2, 0) is 9.59 Å². The van der Waals surface area contributed by atoms with Gasteiger partial charge in [-0.1, -0.05) is 12.0 Å². The van der Waals surface area contributed by atoms with Crippen molar-refractivity contribution in [3.63, 3.8) is 0 Å². The molecular formula is C22H21N3O3. The van der Waals surface area contributed by atoms with E-state index in [0.717, 1.165) is 12.8 Å². The van der Waals surface area contributed by atoms with Gasteiger partial charge in [-0.25, -0.2) is 0 Å². The Morgan fingerprint density at radius 3 is 2.46 bits per heavy atom. The van der Waals surface area contributed by atoms with E-state index in [9.17, 15) is 14.4 Å². The monoisotopic (exact) mass is 375 g/mol. The Morgan fingerprint density at radius 2 is 1.86 bits per heavy atom. The van der Waals surface area contributed by atoms with Crippen molar-refractivity contribution in [1.29, 1.82) is 0 Å². The molecule has 0 radical (unpaired) electrons. The van der Waals surface area contributed by atoms with Crippen molar-refractivity contribution in [1.82, 2.24) is 5.32 Å². The van der Waals surface area contributed by atoms with Crippen molar-refractivity contribution in [2.24, 2.45) is 5.92 Å². The van der Waals surface area contributed by atoms with Crippen molar-refractivity contribution in [3.05, 3.63) is 59.7 Å². The molecule has 2 N–H and O–H groups in total. The maximum absolute atomic E-state index is 13.1. The molecule has 3 rings (SSSR count). The number of terminal acetylenes is 1. The van der Waals surface area contributed by atoms with Crippen LogP contribution in [-0.4, -0.2) is 31.3 Å². The fourth-order valence-corrected chi connectivity index (χ4v) is 2.71. The molecule has 2 aromatic rings. The van der Waals surface area contributed by atoms with Crippen LogP contribution in [0.15, 0.2) is 48.5 Å². The Balaban J connectivity index is 1.82. The van der Waals surface area contributed by atoms with Gasteiger partial charge < -0.3 is 10.6 Å². The first-order valence-corrected chi connectivity index (χ1v) is 9.02. The minimum Gasteiger partial charge on any atom is -0.358 e. The van der Waals surface area contributed by atoms with Crippen LogP contribution in [0.4, 0.5) is 11.4 Å². The molecule has 28 heavy (non-hydrogen) atoms. The maximum atomic E-state index is 13.1. The molecule has 0 atom stereocenters. The molecule has 142 valence electrons. The smallest absolute Gasteiger partial charge is 0.258 e. The topological polar surface area (TPSA) is 78.5 Å². The second-order valence-corrected chi connectivity index (χ2v) is 6.60. The van der Waals surface area contributed by atoms with Crippen molar-refractivity contribution in [2.75, 3.05) is 23.8 Å². The normalized spacial score (nSPS) is 12.6. The first-order valence-electron chi connectivity index (χ1n) is 9.02. The van der Waals surface area contributed by atoms with Gasteiger partial charge in [-0.2, -0.15) is 0 Å². The number of carbonyl (C=O) groups is 3. The summed E-state index contributed by atoms with van der Waals surface area (Å²) in [4.78, 5) is 38.2. The van der Waals surface area contributed by atoms with E-state index in [1.54, 1.807) is 48.5 Å². The summed E-state index contributed by atoms with van der Waals surface area (Å²) in [6.07, 6.45) is 7.30. The van der Waals surface area contributed by atoms with E-state index in [-0.39, 0.29) is 30.2 Å². The van der Waals surface area contributed by atoms with Gasteiger partial charge in [0.15, 0.2) is 0 Å². The van der Waals surface area contributed by atoms with Crippen molar-refractivity contribution >= 4 is 29.1 Å². The number of rotatable bonds is 6. The van der Waals surface area contributed by atoms with E-state index < -0.39 is 0 Å². The van der Waals surface area contributed by atoms with Crippen LogP contribution in [0.1, 0.15) is 28.8 Å². The minimum absolute atomic E-state index is 0.00594. The summed E-state index contributed by atoms with van der Waals surface area (Å²) in [6.45, 7) is -0.135. The molecule has 1 fully saturated rings. The molecule has 6 heteroatoms. The summed E-state index contributed by atoms with van der Waals surface area (Å²) in [7, 11) is 1.51. The van der Waals surface area contributed by atoms with Crippen LogP contribution in [0.5, 0.6) is 0 Å². The predicted molar refractivity (Wildman–Crippen MR) is 108 cm³/mol. The Bertz CT molecular complexity index is 940. The zero-order chi connectivity index (χ0) is 20.1. The lowest BCUT2D eigenvalue weighted by atomic mass is 10.1. The fraction of sp³-hybridized carbons (Fsp3) is 0.227. The number of anilines is 2. The van der Waals surface area contributed by atoms with Crippen molar-refractivity contribution in [2.45, 2.75) is 12.8 Å². The summed E-state index contributed by atoms with van der Waals surface area (Å²) < 4.78 is 0. The highest BCUT2D eigenvalue weighted by Gasteiger charge is 2.29. The van der Waals surface area contributed by atoms with E-state index >= 15 is 0 Å². The number of likely N-dealkylation sites (N-methyl/N-ethyl adjacent to an activating group) is 1. The van der Waals surface area contributed by atoms with E-state index in [4.69, 9.17) is 6.42 Å². The van der Waals surface area contributed by atoms with Gasteiger partial charge in [-0.3, -0.25) is 19.3 Å². The van der Waals surface area contributed by atoms with E-state index in [1.807, 2.05) is 0 Å². The second kappa shape index (κ2) is 8.40. The lowest BCUT2D eigenvalue weighted by Gasteiger charge is -2.22. The highest BCUT2D eigenvalue weighted by atomic mass is 16.2. The number of hydrogen-bond acceptors (Lipinski definition) is 3. The first-order chi connectivity index (χ1) is 13.5. The fourth-order valence-electron chi connectivity index (χ4n) is 2.71. The average Bonchev–Trinajstić information content (AvgIpc) is 3.57. The molecule has 0 saturated heterocycles. The number of carbonyl (C=O) groups excluding carboxylic acids is 3. The molecule has 3 amide bonds. The third-order valence-corrected chi connectivity index (χ3v) is 4.50. The third kappa shape index (κ3) is 4.57. The Kier molecular flexibility index (Phi) is 5.75. The van der Waals surface area contributed by atoms with Crippen LogP contribution in [0.2, 0.25) is 0 Å². The van der Waals surface area contributed by atoms with Gasteiger partial charge in [0.05, 0.1) is 0 Å². The van der Waals surface area contributed by atoms with Gasteiger partial charge in [0, 0.05) is 35.5 Å². The molecule has 0 aromatic heterocycles. The molecule has 0 unspecified atom stereocenters. The SMILES string of the molecule is C#Cc1cccc(N(CC(=O)NC)C(=O)c2ccc(NC(=O)C3CC3)cc2)c1. The van der Waals surface area contributed by atoms with E-state index in [1.165, 1.54) is 11.9 Å². The summed E-state index contributed by atoms with van der Waals surface area (Å²) in [5.41, 5.74) is 2.19. The molecule has 0 heterocycles. The third-order valence-electron chi connectivity index (χ3n) is 4.50. The minimum atomic E-state index is -0.335.